The Morgan fingerprint density at radius 2 is 2.00 bits per heavy atom. The van der Waals surface area contributed by atoms with E-state index in [1.807, 2.05) is 6.33 Å². The predicted octanol–water partition coefficient (Wildman–Crippen LogP) is 4.13. The molecule has 0 saturated heterocycles. The molecule has 1 atom stereocenters. The van der Waals surface area contributed by atoms with Gasteiger partial charge in [0.1, 0.15) is 0 Å². The van der Waals surface area contributed by atoms with Crippen molar-refractivity contribution in [2.75, 3.05) is 0 Å². The van der Waals surface area contributed by atoms with Crippen molar-refractivity contribution in [3.05, 3.63) is 30.1 Å². The number of rotatable bonds is 3. The summed E-state index contributed by atoms with van der Waals surface area (Å²) >= 11 is 0. The summed E-state index contributed by atoms with van der Waals surface area (Å²) in [6.07, 6.45) is 3.10. The van der Waals surface area contributed by atoms with Gasteiger partial charge in [-0.05, 0) is 37.0 Å². The van der Waals surface area contributed by atoms with E-state index < -0.39 is 0 Å². The van der Waals surface area contributed by atoms with Crippen molar-refractivity contribution in [3.63, 3.8) is 0 Å². The average Bonchev–Trinajstić information content (AvgIpc) is 2.70. The standard InChI is InChI=1S/C14H20N2/c1-5-11(4)16-9-15-13-8-12(10(2)3)6-7-14(13)16/h6-11H,5H2,1-4H3. The van der Waals surface area contributed by atoms with Crippen molar-refractivity contribution < 1.29 is 0 Å². The van der Waals surface area contributed by atoms with Gasteiger partial charge in [-0.2, -0.15) is 0 Å². The lowest BCUT2D eigenvalue weighted by molar-refractivity contribution is 0.544. The van der Waals surface area contributed by atoms with Crippen LogP contribution >= 0.6 is 0 Å². The van der Waals surface area contributed by atoms with E-state index in [-0.39, 0.29) is 0 Å². The van der Waals surface area contributed by atoms with Crippen molar-refractivity contribution in [3.8, 4) is 0 Å². The molecule has 1 aromatic carbocycles. The van der Waals surface area contributed by atoms with Crippen molar-refractivity contribution in [1.29, 1.82) is 0 Å². The molecule has 2 rings (SSSR count). The van der Waals surface area contributed by atoms with Crippen LogP contribution in [0, 0.1) is 0 Å². The Morgan fingerprint density at radius 1 is 1.25 bits per heavy atom. The molecular weight excluding hydrogens is 196 g/mol. The highest BCUT2D eigenvalue weighted by molar-refractivity contribution is 5.76. The maximum Gasteiger partial charge on any atom is 0.0960 e. The third-order valence-electron chi connectivity index (χ3n) is 3.33. The third kappa shape index (κ3) is 1.84. The van der Waals surface area contributed by atoms with Gasteiger partial charge >= 0.3 is 0 Å². The summed E-state index contributed by atoms with van der Waals surface area (Å²) in [5, 5.41) is 0. The summed E-state index contributed by atoms with van der Waals surface area (Å²) < 4.78 is 2.26. The number of hydrogen-bond donors (Lipinski definition) is 0. The predicted molar refractivity (Wildman–Crippen MR) is 68.8 cm³/mol. The molecule has 86 valence electrons. The van der Waals surface area contributed by atoms with Crippen LogP contribution in [0.25, 0.3) is 11.0 Å². The molecule has 0 aliphatic carbocycles. The van der Waals surface area contributed by atoms with Crippen LogP contribution < -0.4 is 0 Å². The van der Waals surface area contributed by atoms with Crippen LogP contribution in [0.3, 0.4) is 0 Å². The fourth-order valence-corrected chi connectivity index (χ4v) is 1.96. The Labute approximate surface area is 97.3 Å². The molecule has 0 aliphatic heterocycles. The summed E-state index contributed by atoms with van der Waals surface area (Å²) in [5.74, 6) is 0.568. The molecule has 0 bridgehead atoms. The van der Waals surface area contributed by atoms with Crippen LogP contribution in [-0.4, -0.2) is 9.55 Å². The molecule has 0 saturated carbocycles. The van der Waals surface area contributed by atoms with E-state index in [1.54, 1.807) is 0 Å². The lowest BCUT2D eigenvalue weighted by Crippen LogP contribution is -2.01. The van der Waals surface area contributed by atoms with Gasteiger partial charge in [-0.25, -0.2) is 4.98 Å². The third-order valence-corrected chi connectivity index (χ3v) is 3.33. The zero-order chi connectivity index (χ0) is 11.7. The van der Waals surface area contributed by atoms with Gasteiger partial charge < -0.3 is 4.57 Å². The van der Waals surface area contributed by atoms with Gasteiger partial charge in [0, 0.05) is 6.04 Å². The minimum absolute atomic E-state index is 0.523. The van der Waals surface area contributed by atoms with E-state index in [4.69, 9.17) is 0 Å². The highest BCUT2D eigenvalue weighted by Crippen LogP contribution is 2.23. The van der Waals surface area contributed by atoms with Crippen LogP contribution in [0.1, 0.15) is 51.6 Å². The number of imidazole rings is 1. The minimum atomic E-state index is 0.523. The van der Waals surface area contributed by atoms with Crippen LogP contribution in [0.15, 0.2) is 24.5 Å². The van der Waals surface area contributed by atoms with E-state index in [0.717, 1.165) is 11.9 Å². The SMILES string of the molecule is CCC(C)n1cnc2cc(C(C)C)ccc21. The van der Waals surface area contributed by atoms with E-state index in [0.29, 0.717) is 12.0 Å². The molecular formula is C14H20N2. The van der Waals surface area contributed by atoms with Gasteiger partial charge in [0.15, 0.2) is 0 Å². The summed E-state index contributed by atoms with van der Waals surface area (Å²) in [7, 11) is 0. The van der Waals surface area contributed by atoms with Gasteiger partial charge in [-0.1, -0.05) is 26.8 Å². The van der Waals surface area contributed by atoms with Crippen LogP contribution in [0.5, 0.6) is 0 Å². The highest BCUT2D eigenvalue weighted by Gasteiger charge is 2.08. The molecule has 0 aliphatic rings. The molecule has 0 N–H and O–H groups in total. The van der Waals surface area contributed by atoms with Crippen molar-refractivity contribution in [2.24, 2.45) is 0 Å². The van der Waals surface area contributed by atoms with Gasteiger partial charge in [0.2, 0.25) is 0 Å². The zero-order valence-electron chi connectivity index (χ0n) is 10.6. The summed E-state index contributed by atoms with van der Waals surface area (Å²) in [6.45, 7) is 8.87. The lowest BCUT2D eigenvalue weighted by atomic mass is 10.0. The Hall–Kier alpha value is -1.31. The normalized spacial score (nSPS) is 13.6. The average molecular weight is 216 g/mol. The first-order valence-corrected chi connectivity index (χ1v) is 6.10. The Bertz CT molecular complexity index is 482. The first-order valence-electron chi connectivity index (χ1n) is 6.10. The molecule has 2 nitrogen and oxygen atoms in total. The van der Waals surface area contributed by atoms with E-state index in [1.165, 1.54) is 11.1 Å². The second kappa shape index (κ2) is 4.28. The first-order chi connectivity index (χ1) is 7.63. The quantitative estimate of drug-likeness (QED) is 0.754. The molecule has 0 amide bonds. The van der Waals surface area contributed by atoms with Gasteiger partial charge in [-0.15, -0.1) is 0 Å². The molecule has 0 spiro atoms. The second-order valence-corrected chi connectivity index (χ2v) is 4.81. The van der Waals surface area contributed by atoms with Crippen LogP contribution in [-0.2, 0) is 0 Å². The lowest BCUT2D eigenvalue weighted by Gasteiger charge is -2.12. The minimum Gasteiger partial charge on any atom is -0.328 e. The van der Waals surface area contributed by atoms with Crippen LogP contribution in [0.2, 0.25) is 0 Å². The van der Waals surface area contributed by atoms with E-state index >= 15 is 0 Å². The van der Waals surface area contributed by atoms with Gasteiger partial charge in [0.05, 0.1) is 17.4 Å². The molecule has 0 fully saturated rings. The van der Waals surface area contributed by atoms with Crippen molar-refractivity contribution in [1.82, 2.24) is 9.55 Å². The van der Waals surface area contributed by atoms with Crippen molar-refractivity contribution >= 4 is 11.0 Å². The molecule has 16 heavy (non-hydrogen) atoms. The van der Waals surface area contributed by atoms with Crippen LogP contribution in [0.4, 0.5) is 0 Å². The van der Waals surface area contributed by atoms with E-state index in [9.17, 15) is 0 Å². The fourth-order valence-electron chi connectivity index (χ4n) is 1.96. The topological polar surface area (TPSA) is 17.8 Å². The largest absolute Gasteiger partial charge is 0.328 e. The second-order valence-electron chi connectivity index (χ2n) is 4.81. The number of aromatic nitrogens is 2. The van der Waals surface area contributed by atoms with Crippen molar-refractivity contribution in [2.45, 2.75) is 46.1 Å². The maximum atomic E-state index is 4.49. The van der Waals surface area contributed by atoms with Gasteiger partial charge in [0.25, 0.3) is 0 Å². The molecule has 2 aromatic rings. The molecule has 1 aromatic heterocycles. The Kier molecular flexibility index (Phi) is 2.99. The van der Waals surface area contributed by atoms with E-state index in [2.05, 4.69) is 55.4 Å². The number of hydrogen-bond acceptors (Lipinski definition) is 1. The highest BCUT2D eigenvalue weighted by atomic mass is 15.1. The smallest absolute Gasteiger partial charge is 0.0960 e. The maximum absolute atomic E-state index is 4.49. The Balaban J connectivity index is 2.50. The number of nitrogens with zero attached hydrogens (tertiary/aromatic N) is 2. The summed E-state index contributed by atoms with van der Waals surface area (Å²) in [6, 6.07) is 7.14. The first kappa shape index (κ1) is 11.2. The fraction of sp³-hybridized carbons (Fsp3) is 0.500. The molecule has 1 unspecified atom stereocenters. The number of fused-ring (bicyclic) bond motifs is 1. The summed E-state index contributed by atoms with van der Waals surface area (Å²) in [4.78, 5) is 4.49. The van der Waals surface area contributed by atoms with Gasteiger partial charge in [-0.3, -0.25) is 0 Å². The molecule has 1 heterocycles. The summed E-state index contributed by atoms with van der Waals surface area (Å²) in [5.41, 5.74) is 3.73. The monoisotopic (exact) mass is 216 g/mol. The molecule has 0 radical (unpaired) electrons. The number of benzene rings is 1. The molecule has 2 heteroatoms. The zero-order valence-corrected chi connectivity index (χ0v) is 10.6. The Morgan fingerprint density at radius 3 is 2.62 bits per heavy atom.